The van der Waals surface area contributed by atoms with Gasteiger partial charge in [-0.2, -0.15) is 9.41 Å². The van der Waals surface area contributed by atoms with E-state index in [4.69, 9.17) is 16.3 Å². The molecule has 3 aromatic carbocycles. The molecule has 0 fully saturated rings. The van der Waals surface area contributed by atoms with Gasteiger partial charge in [0.15, 0.2) is 0 Å². The first-order chi connectivity index (χ1) is 16.3. The number of benzene rings is 3. The molecule has 0 heterocycles. The molecule has 7 nitrogen and oxygen atoms in total. The molecule has 0 unspecified atom stereocenters. The number of carbonyl (C=O) groups excluding carboxylic acids is 1. The molecule has 3 rings (SSSR count). The van der Waals surface area contributed by atoms with Crippen LogP contribution >= 0.6 is 27.5 Å². The largest absolute Gasteiger partial charge is 0.493 e. The molecule has 1 amide bonds. The molecule has 1 N–H and O–H groups in total. The van der Waals surface area contributed by atoms with Crippen LogP contribution in [0, 0.1) is 0 Å². The molecule has 0 saturated carbocycles. The smallest absolute Gasteiger partial charge is 0.255 e. The highest BCUT2D eigenvalue weighted by Crippen LogP contribution is 2.23. The second kappa shape index (κ2) is 12.1. The number of hydrazone groups is 1. The molecule has 0 saturated heterocycles. The molecule has 0 aliphatic carbocycles. The van der Waals surface area contributed by atoms with E-state index >= 15 is 0 Å². The van der Waals surface area contributed by atoms with Crippen molar-refractivity contribution in [2.45, 2.75) is 18.4 Å². The van der Waals surface area contributed by atoms with E-state index in [1.165, 1.54) is 18.3 Å². The fraction of sp³-hybridized carbons (Fsp3) is 0.167. The van der Waals surface area contributed by atoms with Crippen molar-refractivity contribution in [3.63, 3.8) is 0 Å². The minimum Gasteiger partial charge on any atom is -0.493 e. The minimum absolute atomic E-state index is 0.0599. The zero-order valence-electron chi connectivity index (χ0n) is 18.3. The summed E-state index contributed by atoms with van der Waals surface area (Å²) in [6, 6.07) is 20.3. The monoisotopic (exact) mass is 563 g/mol. The molecule has 178 valence electrons. The summed E-state index contributed by atoms with van der Waals surface area (Å²) >= 11 is 9.55. The highest BCUT2D eigenvalue weighted by Gasteiger charge is 2.27. The normalized spacial score (nSPS) is 11.6. The fourth-order valence-corrected chi connectivity index (χ4v) is 4.88. The van der Waals surface area contributed by atoms with Crippen molar-refractivity contribution in [1.82, 2.24) is 9.73 Å². The SMILES string of the molecule is CCOc1ccccc1/C=N/NC(=O)CN(Cc1ccccc1Cl)S(=O)(=O)c1ccc(Br)cc1. The van der Waals surface area contributed by atoms with Crippen LogP contribution in [0.1, 0.15) is 18.1 Å². The van der Waals surface area contributed by atoms with Gasteiger partial charge in [-0.25, -0.2) is 13.8 Å². The van der Waals surface area contributed by atoms with Gasteiger partial charge in [0.2, 0.25) is 10.0 Å². The highest BCUT2D eigenvalue weighted by atomic mass is 79.9. The van der Waals surface area contributed by atoms with Gasteiger partial charge in [0.05, 0.1) is 24.3 Å². The van der Waals surface area contributed by atoms with Gasteiger partial charge in [-0.15, -0.1) is 0 Å². The van der Waals surface area contributed by atoms with E-state index in [-0.39, 0.29) is 11.4 Å². The Balaban J connectivity index is 1.80. The number of nitrogens with one attached hydrogen (secondary N) is 1. The number of halogens is 2. The van der Waals surface area contributed by atoms with E-state index in [9.17, 15) is 13.2 Å². The summed E-state index contributed by atoms with van der Waals surface area (Å²) in [5.41, 5.74) is 3.65. The van der Waals surface area contributed by atoms with Gasteiger partial charge in [-0.05, 0) is 55.0 Å². The van der Waals surface area contributed by atoms with E-state index in [1.54, 1.807) is 48.5 Å². The molecule has 34 heavy (non-hydrogen) atoms. The number of hydrogen-bond donors (Lipinski definition) is 1. The van der Waals surface area contributed by atoms with E-state index in [0.29, 0.717) is 28.5 Å². The first-order valence-electron chi connectivity index (χ1n) is 10.3. The van der Waals surface area contributed by atoms with Crippen LogP contribution in [-0.2, 0) is 21.4 Å². The van der Waals surface area contributed by atoms with Crippen LogP contribution < -0.4 is 10.2 Å². The lowest BCUT2D eigenvalue weighted by molar-refractivity contribution is -0.121. The summed E-state index contributed by atoms with van der Waals surface area (Å²) < 4.78 is 34.0. The number of para-hydroxylation sites is 1. The Kier molecular flexibility index (Phi) is 9.23. The van der Waals surface area contributed by atoms with Crippen LogP contribution in [0.4, 0.5) is 0 Å². The van der Waals surface area contributed by atoms with Crippen molar-refractivity contribution in [1.29, 1.82) is 0 Å². The summed E-state index contributed by atoms with van der Waals surface area (Å²) in [5, 5.41) is 4.38. The van der Waals surface area contributed by atoms with E-state index < -0.39 is 22.5 Å². The van der Waals surface area contributed by atoms with Crippen LogP contribution in [-0.4, -0.2) is 38.0 Å². The maximum Gasteiger partial charge on any atom is 0.255 e. The molecule has 0 aromatic heterocycles. The number of sulfonamides is 1. The molecular weight excluding hydrogens is 542 g/mol. The van der Waals surface area contributed by atoms with Crippen molar-refractivity contribution < 1.29 is 17.9 Å². The van der Waals surface area contributed by atoms with Crippen LogP contribution in [0.3, 0.4) is 0 Å². The highest BCUT2D eigenvalue weighted by molar-refractivity contribution is 9.10. The predicted molar refractivity (Wildman–Crippen MR) is 137 cm³/mol. The molecule has 0 radical (unpaired) electrons. The van der Waals surface area contributed by atoms with E-state index in [2.05, 4.69) is 26.5 Å². The molecule has 0 atom stereocenters. The molecular formula is C24H23BrClN3O4S. The van der Waals surface area contributed by atoms with Gasteiger partial charge in [0.1, 0.15) is 5.75 Å². The topological polar surface area (TPSA) is 88.1 Å². The standard InChI is InChI=1S/C24H23BrClN3O4S/c1-2-33-23-10-6-4-7-18(23)15-27-28-24(30)17-29(16-19-8-3-5-9-22(19)26)34(31,32)21-13-11-20(25)12-14-21/h3-15H,2,16-17H2,1H3,(H,28,30)/b27-15+. The molecule has 0 spiro atoms. The Bertz CT molecular complexity index is 1270. The molecule has 0 bridgehead atoms. The van der Waals surface area contributed by atoms with E-state index in [1.807, 2.05) is 19.1 Å². The minimum atomic E-state index is -4.00. The lowest BCUT2D eigenvalue weighted by Crippen LogP contribution is -2.39. The maximum atomic E-state index is 13.3. The summed E-state index contributed by atoms with van der Waals surface area (Å²) in [6.45, 7) is 1.83. The lowest BCUT2D eigenvalue weighted by Gasteiger charge is -2.22. The van der Waals surface area contributed by atoms with Crippen LogP contribution in [0.2, 0.25) is 5.02 Å². The number of carbonyl (C=O) groups is 1. The van der Waals surface area contributed by atoms with Gasteiger partial charge < -0.3 is 4.74 Å². The van der Waals surface area contributed by atoms with Gasteiger partial charge in [0.25, 0.3) is 5.91 Å². The van der Waals surface area contributed by atoms with Gasteiger partial charge in [-0.3, -0.25) is 4.79 Å². The number of rotatable bonds is 10. The summed E-state index contributed by atoms with van der Waals surface area (Å²) in [5.74, 6) is 0.0269. The van der Waals surface area contributed by atoms with E-state index in [0.717, 1.165) is 8.78 Å². The fourth-order valence-electron chi connectivity index (χ4n) is 3.04. The average molecular weight is 565 g/mol. The third-order valence-electron chi connectivity index (χ3n) is 4.69. The Labute approximate surface area is 212 Å². The first-order valence-corrected chi connectivity index (χ1v) is 12.9. The van der Waals surface area contributed by atoms with Crippen molar-refractivity contribution in [3.05, 3.63) is 93.4 Å². The summed E-state index contributed by atoms with van der Waals surface area (Å²) in [4.78, 5) is 12.7. The Morgan fingerprint density at radius 1 is 1.09 bits per heavy atom. The Morgan fingerprint density at radius 3 is 2.47 bits per heavy atom. The molecule has 3 aromatic rings. The number of ether oxygens (including phenoxy) is 1. The van der Waals surface area contributed by atoms with Crippen molar-refractivity contribution in [3.8, 4) is 5.75 Å². The van der Waals surface area contributed by atoms with Crippen molar-refractivity contribution in [2.24, 2.45) is 5.10 Å². The first kappa shape index (κ1) is 25.9. The van der Waals surface area contributed by atoms with Gasteiger partial charge >= 0.3 is 0 Å². The summed E-state index contributed by atoms with van der Waals surface area (Å²) in [6.07, 6.45) is 1.45. The Morgan fingerprint density at radius 2 is 1.76 bits per heavy atom. The second-order valence-corrected chi connectivity index (χ2v) is 10.3. The average Bonchev–Trinajstić information content (AvgIpc) is 2.81. The number of hydrogen-bond acceptors (Lipinski definition) is 5. The quantitative estimate of drug-likeness (QED) is 0.282. The van der Waals surface area contributed by atoms with Gasteiger partial charge in [-0.1, -0.05) is 57.9 Å². The Hall–Kier alpha value is -2.72. The summed E-state index contributed by atoms with van der Waals surface area (Å²) in [7, 11) is -4.00. The lowest BCUT2D eigenvalue weighted by atomic mass is 10.2. The van der Waals surface area contributed by atoms with Crippen LogP contribution in [0.25, 0.3) is 0 Å². The van der Waals surface area contributed by atoms with Crippen molar-refractivity contribution >= 4 is 49.7 Å². The van der Waals surface area contributed by atoms with Crippen LogP contribution in [0.15, 0.2) is 87.3 Å². The second-order valence-electron chi connectivity index (χ2n) is 7.08. The zero-order chi connectivity index (χ0) is 24.6. The molecule has 0 aliphatic heterocycles. The predicted octanol–water partition coefficient (Wildman–Crippen LogP) is 4.84. The third-order valence-corrected chi connectivity index (χ3v) is 7.39. The number of amides is 1. The molecule has 0 aliphatic rings. The number of nitrogens with zero attached hydrogens (tertiary/aromatic N) is 2. The van der Waals surface area contributed by atoms with Gasteiger partial charge in [0, 0.05) is 21.6 Å². The van der Waals surface area contributed by atoms with Crippen molar-refractivity contribution in [2.75, 3.05) is 13.2 Å². The third kappa shape index (κ3) is 6.89. The zero-order valence-corrected chi connectivity index (χ0v) is 21.5. The maximum absolute atomic E-state index is 13.3. The van der Waals surface area contributed by atoms with Crippen LogP contribution in [0.5, 0.6) is 5.75 Å². The molecule has 10 heteroatoms.